The Morgan fingerprint density at radius 3 is 2.50 bits per heavy atom. The topological polar surface area (TPSA) is 69.4 Å². The van der Waals surface area contributed by atoms with Gasteiger partial charge in [0.1, 0.15) is 0 Å². The number of nitrogens with two attached hydrogens (primary N) is 1. The molecule has 20 heavy (non-hydrogen) atoms. The van der Waals surface area contributed by atoms with Crippen LogP contribution < -0.4 is 20.7 Å². The van der Waals surface area contributed by atoms with Crippen LogP contribution in [0.25, 0.3) is 0 Å². The van der Waals surface area contributed by atoms with Gasteiger partial charge in [0.15, 0.2) is 11.5 Å². The van der Waals surface area contributed by atoms with Crippen molar-refractivity contribution in [2.24, 2.45) is 5.84 Å². The number of ether oxygens (including phenoxy) is 2. The van der Waals surface area contributed by atoms with Crippen LogP contribution in [0.15, 0.2) is 36.5 Å². The molecule has 3 N–H and O–H groups in total. The maximum absolute atomic E-state index is 5.72. The van der Waals surface area contributed by atoms with Crippen molar-refractivity contribution in [2.45, 2.75) is 13.0 Å². The predicted octanol–water partition coefficient (Wildman–Crippen LogP) is 1.96. The zero-order valence-corrected chi connectivity index (χ0v) is 11.9. The average Bonchev–Trinajstić information content (AvgIpc) is 2.49. The first kappa shape index (κ1) is 14.3. The predicted molar refractivity (Wildman–Crippen MR) is 77.7 cm³/mol. The number of benzene rings is 1. The highest BCUT2D eigenvalue weighted by Crippen LogP contribution is 2.36. The van der Waals surface area contributed by atoms with Crippen molar-refractivity contribution in [3.8, 4) is 11.5 Å². The smallest absolute Gasteiger partial charge is 0.165 e. The summed E-state index contributed by atoms with van der Waals surface area (Å²) in [5.41, 5.74) is 5.63. The maximum Gasteiger partial charge on any atom is 0.165 e. The lowest BCUT2D eigenvalue weighted by molar-refractivity contribution is 0.349. The minimum absolute atomic E-state index is 0.215. The van der Waals surface area contributed by atoms with E-state index in [2.05, 4.69) is 10.4 Å². The number of aryl methyl sites for hydroxylation is 1. The fraction of sp³-hybridized carbons (Fsp3) is 0.267. The van der Waals surface area contributed by atoms with E-state index in [9.17, 15) is 0 Å². The third kappa shape index (κ3) is 2.74. The first-order valence-electron chi connectivity index (χ1n) is 6.30. The van der Waals surface area contributed by atoms with Crippen LogP contribution in [0.5, 0.6) is 11.5 Å². The van der Waals surface area contributed by atoms with E-state index in [4.69, 9.17) is 15.3 Å². The molecule has 0 saturated carbocycles. The van der Waals surface area contributed by atoms with Crippen LogP contribution in [0.2, 0.25) is 0 Å². The lowest BCUT2D eigenvalue weighted by Crippen LogP contribution is -2.29. The lowest BCUT2D eigenvalue weighted by atomic mass is 9.99. The van der Waals surface area contributed by atoms with E-state index in [-0.39, 0.29) is 6.04 Å². The van der Waals surface area contributed by atoms with Gasteiger partial charge in [0.2, 0.25) is 0 Å². The Kier molecular flexibility index (Phi) is 4.55. The minimum atomic E-state index is -0.215. The zero-order chi connectivity index (χ0) is 14.5. The largest absolute Gasteiger partial charge is 0.493 e. The summed E-state index contributed by atoms with van der Waals surface area (Å²) in [6.45, 7) is 1.95. The van der Waals surface area contributed by atoms with Crippen molar-refractivity contribution in [2.75, 3.05) is 14.2 Å². The fourth-order valence-electron chi connectivity index (χ4n) is 2.15. The Morgan fingerprint density at radius 1 is 1.15 bits per heavy atom. The Hall–Kier alpha value is -2.11. The van der Waals surface area contributed by atoms with Crippen LogP contribution in [0.3, 0.4) is 0 Å². The Bertz CT molecular complexity index is 570. The molecule has 106 valence electrons. The van der Waals surface area contributed by atoms with Crippen LogP contribution >= 0.6 is 0 Å². The van der Waals surface area contributed by atoms with Gasteiger partial charge in [-0.3, -0.25) is 10.8 Å². The highest BCUT2D eigenvalue weighted by Gasteiger charge is 2.19. The second kappa shape index (κ2) is 6.36. The Labute approximate surface area is 118 Å². The molecule has 5 nitrogen and oxygen atoms in total. The lowest BCUT2D eigenvalue weighted by Gasteiger charge is -2.20. The molecule has 1 heterocycles. The molecule has 1 unspecified atom stereocenters. The van der Waals surface area contributed by atoms with Gasteiger partial charge in [0.25, 0.3) is 0 Å². The molecule has 0 spiro atoms. The quantitative estimate of drug-likeness (QED) is 0.644. The molecule has 0 aliphatic rings. The van der Waals surface area contributed by atoms with Gasteiger partial charge in [-0.25, -0.2) is 5.43 Å². The first-order valence-corrected chi connectivity index (χ1v) is 6.30. The number of methoxy groups -OCH3 is 2. The maximum atomic E-state index is 5.72. The third-order valence-electron chi connectivity index (χ3n) is 3.18. The molecule has 0 aliphatic carbocycles. The van der Waals surface area contributed by atoms with Crippen LogP contribution in [-0.4, -0.2) is 19.2 Å². The molecule has 0 aliphatic heterocycles. The monoisotopic (exact) mass is 273 g/mol. The second-order valence-electron chi connectivity index (χ2n) is 4.42. The standard InChI is InChI=1S/C15H19N3O2/c1-10-7-8-11(9-17-10)14(18-16)12-5-4-6-13(19-2)15(12)20-3/h4-9,14,18H,16H2,1-3H3. The first-order chi connectivity index (χ1) is 9.71. The van der Waals surface area contributed by atoms with Gasteiger partial charge < -0.3 is 9.47 Å². The summed E-state index contributed by atoms with van der Waals surface area (Å²) < 4.78 is 10.8. The van der Waals surface area contributed by atoms with Gasteiger partial charge in [-0.05, 0) is 24.6 Å². The van der Waals surface area contributed by atoms with Gasteiger partial charge >= 0.3 is 0 Å². The van der Waals surface area contributed by atoms with Crippen LogP contribution in [0.1, 0.15) is 22.9 Å². The number of nitrogens with one attached hydrogen (secondary N) is 1. The summed E-state index contributed by atoms with van der Waals surface area (Å²) in [5.74, 6) is 7.05. The average molecular weight is 273 g/mol. The Balaban J connectivity index is 2.49. The number of rotatable bonds is 5. The van der Waals surface area contributed by atoms with Gasteiger partial charge in [0.05, 0.1) is 20.3 Å². The van der Waals surface area contributed by atoms with Gasteiger partial charge in [0, 0.05) is 17.5 Å². The van der Waals surface area contributed by atoms with Crippen molar-refractivity contribution in [3.05, 3.63) is 53.3 Å². The number of hydrazine groups is 1. The number of nitrogens with zero attached hydrogens (tertiary/aromatic N) is 1. The summed E-state index contributed by atoms with van der Waals surface area (Å²) in [5, 5.41) is 0. The van der Waals surface area contributed by atoms with Crippen molar-refractivity contribution >= 4 is 0 Å². The van der Waals surface area contributed by atoms with E-state index in [1.54, 1.807) is 20.4 Å². The van der Waals surface area contributed by atoms with Crippen LogP contribution in [0.4, 0.5) is 0 Å². The number of hydrogen-bond acceptors (Lipinski definition) is 5. The van der Waals surface area contributed by atoms with Gasteiger partial charge in [-0.1, -0.05) is 18.2 Å². The molecule has 5 heteroatoms. The SMILES string of the molecule is COc1cccc(C(NN)c2ccc(C)nc2)c1OC. The zero-order valence-electron chi connectivity index (χ0n) is 11.9. The van der Waals surface area contributed by atoms with Crippen molar-refractivity contribution in [1.82, 2.24) is 10.4 Å². The van der Waals surface area contributed by atoms with E-state index in [1.165, 1.54) is 0 Å². The van der Waals surface area contributed by atoms with Gasteiger partial charge in [-0.15, -0.1) is 0 Å². The highest BCUT2D eigenvalue weighted by molar-refractivity contribution is 5.50. The fourth-order valence-corrected chi connectivity index (χ4v) is 2.15. The normalized spacial score (nSPS) is 12.0. The van der Waals surface area contributed by atoms with E-state index in [0.717, 1.165) is 16.8 Å². The van der Waals surface area contributed by atoms with E-state index in [1.807, 2.05) is 37.3 Å². The molecule has 0 fully saturated rings. The van der Waals surface area contributed by atoms with E-state index in [0.29, 0.717) is 11.5 Å². The Morgan fingerprint density at radius 2 is 1.95 bits per heavy atom. The molecule has 1 aromatic heterocycles. The summed E-state index contributed by atoms with van der Waals surface area (Å²) in [6.07, 6.45) is 1.80. The number of hydrogen-bond donors (Lipinski definition) is 2. The molecule has 2 aromatic rings. The molecule has 2 rings (SSSR count). The molecule has 0 saturated heterocycles. The molecule has 1 aromatic carbocycles. The highest BCUT2D eigenvalue weighted by atomic mass is 16.5. The van der Waals surface area contributed by atoms with E-state index >= 15 is 0 Å². The summed E-state index contributed by atoms with van der Waals surface area (Å²) in [6, 6.07) is 9.43. The second-order valence-corrected chi connectivity index (χ2v) is 4.42. The van der Waals surface area contributed by atoms with Crippen LogP contribution in [0, 0.1) is 6.92 Å². The third-order valence-corrected chi connectivity index (χ3v) is 3.18. The molecular formula is C15H19N3O2. The summed E-state index contributed by atoms with van der Waals surface area (Å²) >= 11 is 0. The molecule has 1 atom stereocenters. The molecular weight excluding hydrogens is 254 g/mol. The van der Waals surface area contributed by atoms with Crippen molar-refractivity contribution < 1.29 is 9.47 Å². The minimum Gasteiger partial charge on any atom is -0.493 e. The molecule has 0 amide bonds. The van der Waals surface area contributed by atoms with Crippen LogP contribution in [-0.2, 0) is 0 Å². The van der Waals surface area contributed by atoms with Crippen molar-refractivity contribution in [3.63, 3.8) is 0 Å². The summed E-state index contributed by atoms with van der Waals surface area (Å²) in [4.78, 5) is 4.30. The number of aromatic nitrogens is 1. The number of pyridine rings is 1. The summed E-state index contributed by atoms with van der Waals surface area (Å²) in [7, 11) is 3.22. The van der Waals surface area contributed by atoms with E-state index < -0.39 is 0 Å². The molecule has 0 bridgehead atoms. The van der Waals surface area contributed by atoms with Crippen molar-refractivity contribution in [1.29, 1.82) is 0 Å². The van der Waals surface area contributed by atoms with Gasteiger partial charge in [-0.2, -0.15) is 0 Å². The molecule has 0 radical (unpaired) electrons. The number of para-hydroxylation sites is 1.